The Kier molecular flexibility index (Phi) is 6.52. The lowest BCUT2D eigenvalue weighted by Gasteiger charge is -2.17. The van der Waals surface area contributed by atoms with Crippen LogP contribution in [-0.4, -0.2) is 54.3 Å². The van der Waals surface area contributed by atoms with Crippen molar-refractivity contribution in [3.63, 3.8) is 0 Å². The van der Waals surface area contributed by atoms with E-state index in [-0.39, 0.29) is 28.9 Å². The number of nitrogens with one attached hydrogen (secondary N) is 2. The van der Waals surface area contributed by atoms with E-state index in [0.29, 0.717) is 30.9 Å². The van der Waals surface area contributed by atoms with Crippen molar-refractivity contribution >= 4 is 37.3 Å². The van der Waals surface area contributed by atoms with E-state index >= 15 is 0 Å². The molecule has 0 spiro atoms. The maximum absolute atomic E-state index is 12.7. The molecule has 2 aliphatic rings. The van der Waals surface area contributed by atoms with Gasteiger partial charge in [-0.05, 0) is 61.7 Å². The Morgan fingerprint density at radius 1 is 1.12 bits per heavy atom. The molecule has 11 heteroatoms. The monoisotopic (exact) mass is 479 g/mol. The molecule has 0 aliphatic carbocycles. The molecule has 0 bridgehead atoms. The molecule has 0 aromatic heterocycles. The van der Waals surface area contributed by atoms with E-state index in [4.69, 9.17) is 4.74 Å². The summed E-state index contributed by atoms with van der Waals surface area (Å²) in [5.41, 5.74) is 1.21. The van der Waals surface area contributed by atoms with Gasteiger partial charge in [0.2, 0.25) is 20.0 Å². The van der Waals surface area contributed by atoms with Gasteiger partial charge >= 0.3 is 0 Å². The Morgan fingerprint density at radius 3 is 2.56 bits per heavy atom. The molecule has 2 heterocycles. The molecule has 0 radical (unpaired) electrons. The second-order valence-electron chi connectivity index (χ2n) is 7.76. The molecule has 2 aliphatic heterocycles. The highest BCUT2D eigenvalue weighted by Crippen LogP contribution is 2.25. The van der Waals surface area contributed by atoms with Crippen molar-refractivity contribution in [2.24, 2.45) is 0 Å². The number of carbonyl (C=O) groups is 1. The van der Waals surface area contributed by atoms with Gasteiger partial charge in [0.15, 0.2) is 0 Å². The standard InChI is InChI=1S/C21H25N3O6S2/c25-21(23-17-7-9-18(10-8-17)24-11-3-13-31(24,26)27)16-4-1-6-20(14-16)32(28,29)22-15-19-5-2-12-30-19/h1,4,6-10,14,19,22H,2-3,5,11-13,15H2,(H,23,25). The first-order valence-corrected chi connectivity index (χ1v) is 13.5. The zero-order chi connectivity index (χ0) is 22.8. The SMILES string of the molecule is O=C(Nc1ccc(N2CCCS2(=O)=O)cc1)c1cccc(S(=O)(=O)NCC2CCCO2)c1. The number of amides is 1. The summed E-state index contributed by atoms with van der Waals surface area (Å²) in [6.07, 6.45) is 2.18. The lowest BCUT2D eigenvalue weighted by atomic mass is 10.2. The van der Waals surface area contributed by atoms with Crippen LogP contribution < -0.4 is 14.3 Å². The topological polar surface area (TPSA) is 122 Å². The number of benzene rings is 2. The van der Waals surface area contributed by atoms with Crippen LogP contribution in [0.1, 0.15) is 29.6 Å². The third kappa shape index (κ3) is 5.12. The van der Waals surface area contributed by atoms with Crippen LogP contribution in [-0.2, 0) is 24.8 Å². The van der Waals surface area contributed by atoms with Gasteiger partial charge in [-0.1, -0.05) is 6.07 Å². The quantitative estimate of drug-likeness (QED) is 0.626. The van der Waals surface area contributed by atoms with Crippen molar-refractivity contribution in [1.82, 2.24) is 4.72 Å². The molecular formula is C21H25N3O6S2. The Balaban J connectivity index is 1.42. The van der Waals surface area contributed by atoms with E-state index in [1.165, 1.54) is 28.6 Å². The zero-order valence-electron chi connectivity index (χ0n) is 17.4. The average molecular weight is 480 g/mol. The highest BCUT2D eigenvalue weighted by Gasteiger charge is 2.28. The summed E-state index contributed by atoms with van der Waals surface area (Å²) in [7, 11) is -7.05. The van der Waals surface area contributed by atoms with E-state index in [2.05, 4.69) is 10.0 Å². The van der Waals surface area contributed by atoms with Crippen LogP contribution in [0, 0.1) is 0 Å². The molecule has 2 aromatic rings. The van der Waals surface area contributed by atoms with Crippen LogP contribution >= 0.6 is 0 Å². The molecule has 2 saturated heterocycles. The molecule has 2 fully saturated rings. The summed E-state index contributed by atoms with van der Waals surface area (Å²) in [5, 5.41) is 2.71. The van der Waals surface area contributed by atoms with Crippen molar-refractivity contribution in [3.8, 4) is 0 Å². The van der Waals surface area contributed by atoms with Gasteiger partial charge in [0, 0.05) is 30.9 Å². The van der Waals surface area contributed by atoms with Gasteiger partial charge in [-0.2, -0.15) is 0 Å². The summed E-state index contributed by atoms with van der Waals surface area (Å²) in [6, 6.07) is 12.3. The van der Waals surface area contributed by atoms with Crippen LogP contribution in [0.2, 0.25) is 0 Å². The molecule has 32 heavy (non-hydrogen) atoms. The van der Waals surface area contributed by atoms with Gasteiger partial charge < -0.3 is 10.1 Å². The number of hydrogen-bond donors (Lipinski definition) is 2. The lowest BCUT2D eigenvalue weighted by Crippen LogP contribution is -2.32. The minimum atomic E-state index is -3.78. The van der Waals surface area contributed by atoms with Crippen LogP contribution in [0.3, 0.4) is 0 Å². The second-order valence-corrected chi connectivity index (χ2v) is 11.5. The first-order chi connectivity index (χ1) is 15.2. The summed E-state index contributed by atoms with van der Waals surface area (Å²) in [5.74, 6) is -0.337. The van der Waals surface area contributed by atoms with Gasteiger partial charge in [-0.3, -0.25) is 9.10 Å². The first kappa shape index (κ1) is 22.7. The van der Waals surface area contributed by atoms with Gasteiger partial charge in [0.25, 0.3) is 5.91 Å². The van der Waals surface area contributed by atoms with Crippen LogP contribution in [0.25, 0.3) is 0 Å². The molecular weight excluding hydrogens is 454 g/mol. The number of hydrogen-bond acceptors (Lipinski definition) is 6. The fourth-order valence-electron chi connectivity index (χ4n) is 3.74. The summed E-state index contributed by atoms with van der Waals surface area (Å²) in [4.78, 5) is 12.6. The van der Waals surface area contributed by atoms with Gasteiger partial charge in [0.05, 0.1) is 22.4 Å². The smallest absolute Gasteiger partial charge is 0.255 e. The normalized spacial score (nSPS) is 20.4. The number of sulfonamides is 2. The fraction of sp³-hybridized carbons (Fsp3) is 0.381. The Hall–Kier alpha value is -2.47. The van der Waals surface area contributed by atoms with Crippen LogP contribution in [0.4, 0.5) is 11.4 Å². The van der Waals surface area contributed by atoms with Gasteiger partial charge in [-0.15, -0.1) is 0 Å². The highest BCUT2D eigenvalue weighted by atomic mass is 32.2. The molecule has 1 atom stereocenters. The predicted molar refractivity (Wildman–Crippen MR) is 121 cm³/mol. The van der Waals surface area contributed by atoms with Crippen molar-refractivity contribution in [1.29, 1.82) is 0 Å². The number of carbonyl (C=O) groups excluding carboxylic acids is 1. The number of ether oxygens (including phenoxy) is 1. The summed E-state index contributed by atoms with van der Waals surface area (Å²) < 4.78 is 58.6. The number of rotatable bonds is 7. The molecule has 4 rings (SSSR count). The zero-order valence-corrected chi connectivity index (χ0v) is 19.0. The highest BCUT2D eigenvalue weighted by molar-refractivity contribution is 7.93. The number of nitrogens with zero attached hydrogens (tertiary/aromatic N) is 1. The molecule has 1 unspecified atom stereocenters. The Bertz CT molecular complexity index is 1190. The van der Waals surface area contributed by atoms with E-state index in [0.717, 1.165) is 12.8 Å². The van der Waals surface area contributed by atoms with E-state index in [1.54, 1.807) is 24.3 Å². The second kappa shape index (κ2) is 9.18. The average Bonchev–Trinajstić information content (AvgIpc) is 3.42. The molecule has 172 valence electrons. The van der Waals surface area contributed by atoms with Crippen LogP contribution in [0.5, 0.6) is 0 Å². The largest absolute Gasteiger partial charge is 0.377 e. The van der Waals surface area contributed by atoms with E-state index in [9.17, 15) is 21.6 Å². The molecule has 2 N–H and O–H groups in total. The first-order valence-electron chi connectivity index (χ1n) is 10.4. The van der Waals surface area contributed by atoms with Crippen molar-refractivity contribution in [2.75, 3.05) is 35.1 Å². The maximum atomic E-state index is 12.7. The van der Waals surface area contributed by atoms with Crippen molar-refractivity contribution in [2.45, 2.75) is 30.3 Å². The lowest BCUT2D eigenvalue weighted by molar-refractivity contribution is 0.102. The minimum absolute atomic E-state index is 0.00210. The van der Waals surface area contributed by atoms with E-state index in [1.807, 2.05) is 0 Å². The number of anilines is 2. The van der Waals surface area contributed by atoms with Gasteiger partial charge in [-0.25, -0.2) is 21.6 Å². The third-order valence-corrected chi connectivity index (χ3v) is 8.73. The summed E-state index contributed by atoms with van der Waals surface area (Å²) >= 11 is 0. The molecule has 9 nitrogen and oxygen atoms in total. The summed E-state index contributed by atoms with van der Waals surface area (Å²) in [6.45, 7) is 1.27. The predicted octanol–water partition coefficient (Wildman–Crippen LogP) is 1.94. The molecule has 2 aromatic carbocycles. The van der Waals surface area contributed by atoms with Gasteiger partial charge in [0.1, 0.15) is 0 Å². The van der Waals surface area contributed by atoms with Crippen LogP contribution in [0.15, 0.2) is 53.4 Å². The fourth-order valence-corrected chi connectivity index (χ4v) is 6.42. The van der Waals surface area contributed by atoms with Crippen molar-refractivity contribution < 1.29 is 26.4 Å². The third-order valence-electron chi connectivity index (χ3n) is 5.44. The Morgan fingerprint density at radius 2 is 1.91 bits per heavy atom. The molecule has 1 amide bonds. The maximum Gasteiger partial charge on any atom is 0.255 e. The minimum Gasteiger partial charge on any atom is -0.377 e. The van der Waals surface area contributed by atoms with E-state index < -0.39 is 26.0 Å². The Labute approximate surface area is 187 Å². The molecule has 0 saturated carbocycles. The van der Waals surface area contributed by atoms with Crippen molar-refractivity contribution in [3.05, 3.63) is 54.1 Å².